The summed E-state index contributed by atoms with van der Waals surface area (Å²) in [7, 11) is 0. The van der Waals surface area contributed by atoms with E-state index in [0.29, 0.717) is 10.5 Å². The van der Waals surface area contributed by atoms with E-state index in [4.69, 9.17) is 12.2 Å². The third kappa shape index (κ3) is 1.96. The summed E-state index contributed by atoms with van der Waals surface area (Å²) < 4.78 is 2.38. The molecule has 0 aliphatic rings. The standard InChI is InChI=1S/C13H10N4S/c18-13-7-6-12(15-16-13)17-11(8-9-14-17)10-4-2-1-3-5-10/h1-9H,(H,16,18). The third-order valence-corrected chi connectivity index (χ3v) is 2.82. The molecule has 5 heteroatoms. The molecule has 3 rings (SSSR count). The van der Waals surface area contributed by atoms with E-state index in [9.17, 15) is 0 Å². The van der Waals surface area contributed by atoms with Gasteiger partial charge in [0.1, 0.15) is 4.64 Å². The maximum atomic E-state index is 4.98. The number of H-pyrrole nitrogens is 1. The number of nitrogens with one attached hydrogen (secondary N) is 1. The van der Waals surface area contributed by atoms with Crippen LogP contribution in [0.2, 0.25) is 0 Å². The average Bonchev–Trinajstić information content (AvgIpc) is 2.90. The summed E-state index contributed by atoms with van der Waals surface area (Å²) in [6, 6.07) is 15.7. The summed E-state index contributed by atoms with van der Waals surface area (Å²) >= 11 is 4.98. The first-order valence-electron chi connectivity index (χ1n) is 5.50. The molecule has 1 N–H and O–H groups in total. The quantitative estimate of drug-likeness (QED) is 0.715. The van der Waals surface area contributed by atoms with E-state index in [1.165, 1.54) is 0 Å². The zero-order valence-corrected chi connectivity index (χ0v) is 10.3. The van der Waals surface area contributed by atoms with Crippen molar-refractivity contribution >= 4 is 12.2 Å². The number of benzene rings is 1. The predicted octanol–water partition coefficient (Wildman–Crippen LogP) is 2.99. The molecule has 4 nitrogen and oxygen atoms in total. The van der Waals surface area contributed by atoms with Crippen molar-refractivity contribution in [3.63, 3.8) is 0 Å². The van der Waals surface area contributed by atoms with Gasteiger partial charge in [-0.3, -0.25) is 5.10 Å². The molecule has 2 heterocycles. The van der Waals surface area contributed by atoms with Crippen molar-refractivity contribution < 1.29 is 0 Å². The van der Waals surface area contributed by atoms with E-state index >= 15 is 0 Å². The summed E-state index contributed by atoms with van der Waals surface area (Å²) in [5, 5.41) is 11.2. The SMILES string of the molecule is S=c1ccc(-n2nccc2-c2ccccc2)n[nH]1. The Morgan fingerprint density at radius 2 is 1.83 bits per heavy atom. The van der Waals surface area contributed by atoms with Gasteiger partial charge in [-0.25, -0.2) is 4.68 Å². The summed E-state index contributed by atoms with van der Waals surface area (Å²) in [5.74, 6) is 0.715. The van der Waals surface area contributed by atoms with E-state index in [0.717, 1.165) is 11.3 Å². The van der Waals surface area contributed by atoms with E-state index in [1.54, 1.807) is 16.9 Å². The maximum absolute atomic E-state index is 4.98. The molecule has 0 saturated heterocycles. The Balaban J connectivity index is 2.12. The first-order valence-corrected chi connectivity index (χ1v) is 5.91. The lowest BCUT2D eigenvalue weighted by Crippen LogP contribution is -2.02. The minimum Gasteiger partial charge on any atom is -0.266 e. The number of aromatic amines is 1. The summed E-state index contributed by atoms with van der Waals surface area (Å²) in [6.45, 7) is 0. The molecule has 0 atom stereocenters. The van der Waals surface area contributed by atoms with Crippen molar-refractivity contribution in [3.8, 4) is 17.1 Å². The molecule has 18 heavy (non-hydrogen) atoms. The van der Waals surface area contributed by atoms with Gasteiger partial charge in [-0.1, -0.05) is 42.5 Å². The number of nitrogens with zero attached hydrogens (tertiary/aromatic N) is 3. The van der Waals surface area contributed by atoms with Crippen LogP contribution in [0.25, 0.3) is 17.1 Å². The van der Waals surface area contributed by atoms with Crippen LogP contribution in [0.3, 0.4) is 0 Å². The summed E-state index contributed by atoms with van der Waals surface area (Å²) in [4.78, 5) is 0. The van der Waals surface area contributed by atoms with E-state index in [-0.39, 0.29) is 0 Å². The second-order valence-electron chi connectivity index (χ2n) is 3.77. The van der Waals surface area contributed by atoms with Crippen LogP contribution in [0.1, 0.15) is 0 Å². The van der Waals surface area contributed by atoms with Gasteiger partial charge < -0.3 is 0 Å². The van der Waals surface area contributed by atoms with Crippen LogP contribution in [0.15, 0.2) is 54.7 Å². The first-order chi connectivity index (χ1) is 8.84. The van der Waals surface area contributed by atoms with Crippen LogP contribution in [0.4, 0.5) is 0 Å². The van der Waals surface area contributed by atoms with Crippen LogP contribution in [-0.2, 0) is 0 Å². The van der Waals surface area contributed by atoms with Crippen LogP contribution in [-0.4, -0.2) is 20.0 Å². The minimum absolute atomic E-state index is 0.604. The highest BCUT2D eigenvalue weighted by Gasteiger charge is 2.07. The third-order valence-electron chi connectivity index (χ3n) is 2.59. The number of hydrogen-bond acceptors (Lipinski definition) is 3. The fourth-order valence-corrected chi connectivity index (χ4v) is 1.88. The summed E-state index contributed by atoms with van der Waals surface area (Å²) in [5.41, 5.74) is 2.09. The molecular weight excluding hydrogens is 244 g/mol. The van der Waals surface area contributed by atoms with Gasteiger partial charge in [0.2, 0.25) is 0 Å². The van der Waals surface area contributed by atoms with Crippen molar-refractivity contribution in [1.82, 2.24) is 20.0 Å². The van der Waals surface area contributed by atoms with Crippen molar-refractivity contribution in [3.05, 3.63) is 59.4 Å². The molecule has 0 unspecified atom stereocenters. The Bertz CT molecular complexity index is 695. The van der Waals surface area contributed by atoms with Crippen molar-refractivity contribution in [2.24, 2.45) is 0 Å². The lowest BCUT2D eigenvalue weighted by atomic mass is 10.1. The van der Waals surface area contributed by atoms with Gasteiger partial charge in [0.05, 0.1) is 11.9 Å². The predicted molar refractivity (Wildman–Crippen MR) is 72.0 cm³/mol. The van der Waals surface area contributed by atoms with Gasteiger partial charge in [0.15, 0.2) is 5.82 Å². The lowest BCUT2D eigenvalue weighted by Gasteiger charge is -2.05. The van der Waals surface area contributed by atoms with Gasteiger partial charge in [-0.2, -0.15) is 10.2 Å². The second kappa shape index (κ2) is 4.54. The Morgan fingerprint density at radius 3 is 2.56 bits per heavy atom. The molecular formula is C13H10N4S. The second-order valence-corrected chi connectivity index (χ2v) is 4.21. The number of rotatable bonds is 2. The van der Waals surface area contributed by atoms with E-state index in [1.807, 2.05) is 42.5 Å². The Hall–Kier alpha value is -2.27. The average molecular weight is 254 g/mol. The van der Waals surface area contributed by atoms with Crippen molar-refractivity contribution in [2.75, 3.05) is 0 Å². The van der Waals surface area contributed by atoms with E-state index < -0.39 is 0 Å². The highest BCUT2D eigenvalue weighted by molar-refractivity contribution is 7.71. The number of aromatic nitrogens is 4. The monoisotopic (exact) mass is 254 g/mol. The molecule has 0 fully saturated rings. The fourth-order valence-electron chi connectivity index (χ4n) is 1.77. The molecule has 0 aliphatic heterocycles. The van der Waals surface area contributed by atoms with Crippen LogP contribution in [0.5, 0.6) is 0 Å². The van der Waals surface area contributed by atoms with E-state index in [2.05, 4.69) is 15.3 Å². The molecule has 88 valence electrons. The van der Waals surface area contributed by atoms with Crippen LogP contribution < -0.4 is 0 Å². The van der Waals surface area contributed by atoms with Crippen LogP contribution in [0, 0.1) is 4.64 Å². The highest BCUT2D eigenvalue weighted by atomic mass is 32.1. The highest BCUT2D eigenvalue weighted by Crippen LogP contribution is 2.20. The zero-order chi connectivity index (χ0) is 12.4. The molecule has 0 aliphatic carbocycles. The van der Waals surface area contributed by atoms with Gasteiger partial charge >= 0.3 is 0 Å². The molecule has 0 bridgehead atoms. The minimum atomic E-state index is 0.604. The summed E-state index contributed by atoms with van der Waals surface area (Å²) in [6.07, 6.45) is 1.76. The van der Waals surface area contributed by atoms with Crippen LogP contribution >= 0.6 is 12.2 Å². The topological polar surface area (TPSA) is 46.5 Å². The molecule has 2 aromatic heterocycles. The van der Waals surface area contributed by atoms with Gasteiger partial charge in [-0.05, 0) is 18.2 Å². The first kappa shape index (κ1) is 10.9. The fraction of sp³-hybridized carbons (Fsp3) is 0. The van der Waals surface area contributed by atoms with Crippen molar-refractivity contribution in [1.29, 1.82) is 0 Å². The molecule has 0 saturated carbocycles. The van der Waals surface area contributed by atoms with Gasteiger partial charge in [0, 0.05) is 5.56 Å². The van der Waals surface area contributed by atoms with Crippen molar-refractivity contribution in [2.45, 2.75) is 0 Å². The Labute approximate surface area is 109 Å². The molecule has 0 spiro atoms. The maximum Gasteiger partial charge on any atom is 0.174 e. The lowest BCUT2D eigenvalue weighted by molar-refractivity contribution is 0.817. The molecule has 1 aromatic carbocycles. The Kier molecular flexibility index (Phi) is 2.74. The largest absolute Gasteiger partial charge is 0.266 e. The molecule has 3 aromatic rings. The van der Waals surface area contributed by atoms with Gasteiger partial charge in [0.25, 0.3) is 0 Å². The zero-order valence-electron chi connectivity index (χ0n) is 9.45. The molecule has 0 amide bonds. The molecule has 0 radical (unpaired) electrons. The van der Waals surface area contributed by atoms with Gasteiger partial charge in [-0.15, -0.1) is 0 Å². The Morgan fingerprint density at radius 1 is 1.00 bits per heavy atom. The normalized spacial score (nSPS) is 10.4. The smallest absolute Gasteiger partial charge is 0.174 e. The number of hydrogen-bond donors (Lipinski definition) is 1.